The van der Waals surface area contributed by atoms with E-state index in [1.165, 1.54) is 74.9 Å². The number of carbonyl (C=O) groups is 1. The van der Waals surface area contributed by atoms with Crippen molar-refractivity contribution in [2.24, 2.45) is 28.7 Å². The van der Waals surface area contributed by atoms with Crippen LogP contribution in [-0.4, -0.2) is 163 Å². The minimum absolute atomic E-state index is 0.0444. The molecular formula is C70H118ClF3N12O. The summed E-state index contributed by atoms with van der Waals surface area (Å²) in [6, 6.07) is 6.02. The highest BCUT2D eigenvalue weighted by atomic mass is 35.5. The van der Waals surface area contributed by atoms with Crippen LogP contribution in [0.1, 0.15) is 196 Å². The first-order valence-corrected chi connectivity index (χ1v) is 34.9. The van der Waals surface area contributed by atoms with Crippen molar-refractivity contribution < 1.29 is 18.0 Å². The summed E-state index contributed by atoms with van der Waals surface area (Å²) in [4.78, 5) is 31.7. The molecule has 5 fully saturated rings. The number of likely N-dealkylation sites (tertiary alicyclic amines) is 1. The third-order valence-electron chi connectivity index (χ3n) is 21.1. The number of aliphatic imine (C=N–C) groups is 1. The van der Waals surface area contributed by atoms with Crippen molar-refractivity contribution in [3.63, 3.8) is 0 Å². The summed E-state index contributed by atoms with van der Waals surface area (Å²) in [6.45, 7) is 30.3. The Balaban J connectivity index is 1.17. The second-order valence-corrected chi connectivity index (χ2v) is 28.3. The molecule has 2 aliphatic carbocycles. The van der Waals surface area contributed by atoms with Gasteiger partial charge in [0.05, 0.1) is 23.0 Å². The molecule has 6 aliphatic rings. The lowest BCUT2D eigenvalue weighted by molar-refractivity contribution is -0.162. The molecule has 1 aromatic rings. The Kier molecular flexibility index (Phi) is 27.8. The number of hydrogen-bond acceptors (Lipinski definition) is 12. The molecule has 11 atom stereocenters. The summed E-state index contributed by atoms with van der Waals surface area (Å²) < 4.78 is 41.0. The number of amides is 1. The van der Waals surface area contributed by atoms with E-state index in [-0.39, 0.29) is 64.8 Å². The van der Waals surface area contributed by atoms with Crippen LogP contribution in [0.25, 0.3) is 0 Å². The quantitative estimate of drug-likeness (QED) is 0.134. The van der Waals surface area contributed by atoms with E-state index < -0.39 is 11.7 Å². The van der Waals surface area contributed by atoms with Crippen molar-refractivity contribution in [1.82, 2.24) is 56.4 Å². The average Bonchev–Trinajstić information content (AvgIpc) is 1.42. The van der Waals surface area contributed by atoms with Gasteiger partial charge in [-0.2, -0.15) is 13.2 Å². The van der Waals surface area contributed by atoms with Crippen molar-refractivity contribution in [2.75, 3.05) is 66.5 Å². The van der Waals surface area contributed by atoms with Crippen LogP contribution in [-0.2, 0) is 17.4 Å². The number of benzene rings is 1. The standard InChI is InChI=1S/C70H118ClF3N12O/c1-13-50(5)64-44-79-63(14-2)52(7)78-45-65-66(68(87)84-38-21-16-22-39-84)55(10)86(65)67(49(3)4)53(8)81-69(32-19-20-33-69)48-76-36-35-75-34-31-58(29-27-57-28-30-61(62(71)43-57)70(72,73)74)77-37-41-82(11)46-60(42-56-24-17-15-18-25-56)83(12)47-59-26-23-40-85(59)54(9)51(6)80-64/h28,30-31,34,37,41,43,46-47,49-56,63-67,76-81H,13-27,29,32-33,35-36,38-40,42,44-45,48H2,1-12H3/t50-,51?,52?,53?,54-,55?,63-,64+,65?,66-,67-/m0/s1. The van der Waals surface area contributed by atoms with E-state index in [1.54, 1.807) is 0 Å². The number of alkyl halides is 3. The molecule has 6 N–H and O–H groups in total. The number of allylic oxidation sites excluding steroid dienone is 4. The molecule has 13 nitrogen and oxygen atoms in total. The maximum absolute atomic E-state index is 14.7. The van der Waals surface area contributed by atoms with Crippen LogP contribution >= 0.6 is 11.6 Å². The van der Waals surface area contributed by atoms with Crippen molar-refractivity contribution in [3.05, 3.63) is 82.3 Å². The molecule has 0 radical (unpaired) electrons. The first-order valence-electron chi connectivity index (χ1n) is 34.5. The third kappa shape index (κ3) is 19.9. The Morgan fingerprint density at radius 2 is 1.56 bits per heavy atom. The minimum atomic E-state index is -4.51. The Labute approximate surface area is 530 Å². The molecule has 5 unspecified atom stereocenters. The van der Waals surface area contributed by atoms with Crippen LogP contribution in [0.15, 0.2) is 71.2 Å². The molecule has 17 heteroatoms. The van der Waals surface area contributed by atoms with Gasteiger partial charge in [-0.1, -0.05) is 104 Å². The molecule has 7 rings (SSSR count). The van der Waals surface area contributed by atoms with Gasteiger partial charge >= 0.3 is 6.18 Å². The molecule has 0 bridgehead atoms. The molecule has 87 heavy (non-hydrogen) atoms. The Hall–Kier alpha value is -3.64. The Morgan fingerprint density at radius 1 is 0.839 bits per heavy atom. The number of fused-ring (bicyclic) bond motifs is 2. The SMILES string of the molecule is CC[C@@H]1NC[C@H]([C@@H](C)CC)NC(C)[C@H](C)N2CCCC2=CN(C)C(CC2CCCCC2)=CN(C)C=CNC(CCc2ccc(C(F)(F)F)c(Cl)c2)=CC=NCCNCC2(CCCC2)NC(C)[C@H](C(C)C)N2C(C)[C@H](C(=O)N3CCCCC3)C2CNC1C. The van der Waals surface area contributed by atoms with Crippen molar-refractivity contribution in [1.29, 1.82) is 0 Å². The van der Waals surface area contributed by atoms with E-state index in [4.69, 9.17) is 16.6 Å². The third-order valence-corrected chi connectivity index (χ3v) is 21.4. The van der Waals surface area contributed by atoms with Gasteiger partial charge in [-0.05, 0) is 147 Å². The molecule has 4 heterocycles. The fourth-order valence-electron chi connectivity index (χ4n) is 15.6. The van der Waals surface area contributed by atoms with Crippen LogP contribution in [0, 0.1) is 23.7 Å². The zero-order chi connectivity index (χ0) is 62.8. The smallest absolute Gasteiger partial charge is 0.369 e. The number of carbonyl (C=O) groups excluding carboxylic acids is 1. The molecule has 1 amide bonds. The predicted molar refractivity (Wildman–Crippen MR) is 356 cm³/mol. The maximum Gasteiger partial charge on any atom is 0.417 e. The summed E-state index contributed by atoms with van der Waals surface area (Å²) in [7, 11) is 4.31. The van der Waals surface area contributed by atoms with Gasteiger partial charge in [0.1, 0.15) is 0 Å². The zero-order valence-electron chi connectivity index (χ0n) is 55.9. The molecular weight excluding hydrogens is 1120 g/mol. The monoisotopic (exact) mass is 1230 g/mol. The topological polar surface area (TPSA) is 118 Å². The van der Waals surface area contributed by atoms with E-state index in [0.717, 1.165) is 121 Å². The lowest BCUT2D eigenvalue weighted by atomic mass is 9.74. The van der Waals surface area contributed by atoms with Gasteiger partial charge in [-0.25, -0.2) is 0 Å². The van der Waals surface area contributed by atoms with Crippen LogP contribution in [0.3, 0.4) is 0 Å². The molecule has 4 aliphatic heterocycles. The number of nitrogens with zero attached hydrogens (tertiary/aromatic N) is 6. The highest BCUT2D eigenvalue weighted by molar-refractivity contribution is 6.31. The van der Waals surface area contributed by atoms with E-state index in [1.807, 2.05) is 24.7 Å². The fourth-order valence-corrected chi connectivity index (χ4v) is 15.9. The number of rotatable bonds is 10. The lowest BCUT2D eigenvalue weighted by Crippen LogP contribution is -2.76. The van der Waals surface area contributed by atoms with E-state index in [9.17, 15) is 18.0 Å². The van der Waals surface area contributed by atoms with E-state index in [2.05, 4.69) is 152 Å². The van der Waals surface area contributed by atoms with Gasteiger partial charge in [-0.15, -0.1) is 0 Å². The van der Waals surface area contributed by atoms with Crippen LogP contribution < -0.4 is 31.9 Å². The second-order valence-electron chi connectivity index (χ2n) is 27.8. The largest absolute Gasteiger partial charge is 0.417 e. The van der Waals surface area contributed by atoms with E-state index in [0.29, 0.717) is 49.1 Å². The summed E-state index contributed by atoms with van der Waals surface area (Å²) >= 11 is 6.20. The van der Waals surface area contributed by atoms with Crippen molar-refractivity contribution in [3.8, 4) is 0 Å². The molecule has 492 valence electrons. The van der Waals surface area contributed by atoms with Crippen LogP contribution in [0.4, 0.5) is 13.2 Å². The Morgan fingerprint density at radius 3 is 2.24 bits per heavy atom. The first-order chi connectivity index (χ1) is 41.6. The average molecular weight is 1240 g/mol. The zero-order valence-corrected chi connectivity index (χ0v) is 56.7. The number of hydrogen-bond donors (Lipinski definition) is 6. The predicted octanol–water partition coefficient (Wildman–Crippen LogP) is 12.7. The van der Waals surface area contributed by atoms with Crippen LogP contribution in [0.2, 0.25) is 5.02 Å². The van der Waals surface area contributed by atoms with Crippen LogP contribution in [0.5, 0.6) is 0 Å². The molecule has 2 saturated carbocycles. The molecule has 1 aromatic carbocycles. The lowest BCUT2D eigenvalue weighted by Gasteiger charge is -2.60. The fraction of sp³-hybridized carbons (Fsp3) is 0.771. The van der Waals surface area contributed by atoms with Gasteiger partial charge in [0.2, 0.25) is 5.91 Å². The summed E-state index contributed by atoms with van der Waals surface area (Å²) in [5, 5.41) is 23.7. The van der Waals surface area contributed by atoms with Gasteiger partial charge < -0.3 is 51.5 Å². The highest BCUT2D eigenvalue weighted by Crippen LogP contribution is 2.41. The van der Waals surface area contributed by atoms with Gasteiger partial charge in [0.25, 0.3) is 0 Å². The summed E-state index contributed by atoms with van der Waals surface area (Å²) in [6.07, 6.45) is 28.7. The van der Waals surface area contributed by atoms with Crippen molar-refractivity contribution >= 4 is 23.7 Å². The molecule has 1 spiro atoms. The second kappa shape index (κ2) is 34.1. The molecule has 3 saturated heterocycles. The molecule has 0 aromatic heterocycles. The maximum atomic E-state index is 14.7. The number of piperidine rings is 1. The summed E-state index contributed by atoms with van der Waals surface area (Å²) in [5.41, 5.74) is 3.43. The Bertz CT molecular complexity index is 2410. The normalized spacial score (nSPS) is 30.4. The number of aryl methyl sites for hydroxylation is 1. The first kappa shape index (κ1) is 70.8. The van der Waals surface area contributed by atoms with Gasteiger partial charge in [0.15, 0.2) is 0 Å². The number of halogens is 4. The highest BCUT2D eigenvalue weighted by Gasteiger charge is 2.55. The van der Waals surface area contributed by atoms with E-state index >= 15 is 0 Å². The minimum Gasteiger partial charge on any atom is -0.369 e. The van der Waals surface area contributed by atoms with Gasteiger partial charge in [0, 0.05) is 168 Å². The van der Waals surface area contributed by atoms with Gasteiger partial charge in [-0.3, -0.25) is 14.7 Å². The number of nitrogens with one attached hydrogen (secondary N) is 6. The summed E-state index contributed by atoms with van der Waals surface area (Å²) in [5.74, 6) is 1.79. The van der Waals surface area contributed by atoms with Crippen molar-refractivity contribution in [2.45, 2.75) is 257 Å².